The van der Waals surface area contributed by atoms with E-state index in [0.717, 1.165) is 35.3 Å². The number of pyridine rings is 1. The molecule has 0 bridgehead atoms. The van der Waals surface area contributed by atoms with E-state index in [1.165, 1.54) is 10.5 Å². The highest BCUT2D eigenvalue weighted by Gasteiger charge is 2.20. The van der Waals surface area contributed by atoms with E-state index in [1.807, 2.05) is 11.8 Å². The minimum atomic E-state index is 0.162. The van der Waals surface area contributed by atoms with Crippen molar-refractivity contribution in [2.45, 2.75) is 32.1 Å². The Labute approximate surface area is 129 Å². The van der Waals surface area contributed by atoms with Crippen molar-refractivity contribution in [1.82, 2.24) is 4.98 Å². The number of fused-ring (bicyclic) bond motifs is 3. The molecule has 1 aromatic carbocycles. The van der Waals surface area contributed by atoms with Crippen LogP contribution in [0.3, 0.4) is 0 Å². The second-order valence-corrected chi connectivity index (χ2v) is 7.74. The zero-order valence-electron chi connectivity index (χ0n) is 12.7. The molecule has 0 unspecified atom stereocenters. The third-order valence-electron chi connectivity index (χ3n) is 3.63. The van der Waals surface area contributed by atoms with Crippen molar-refractivity contribution in [3.63, 3.8) is 0 Å². The molecule has 108 valence electrons. The van der Waals surface area contributed by atoms with E-state index in [-0.39, 0.29) is 5.41 Å². The second kappa shape index (κ2) is 5.23. The molecule has 2 aromatic rings. The predicted octanol–water partition coefficient (Wildman–Crippen LogP) is 4.21. The summed E-state index contributed by atoms with van der Waals surface area (Å²) < 4.78 is 0. The average Bonchev–Trinajstić information content (AvgIpc) is 2.91. The first-order valence-electron chi connectivity index (χ1n) is 7.21. The number of aryl methyl sites for hydroxylation is 1. The van der Waals surface area contributed by atoms with E-state index in [2.05, 4.69) is 49.3 Å². The van der Waals surface area contributed by atoms with Crippen molar-refractivity contribution in [3.8, 4) is 6.07 Å². The quantitative estimate of drug-likeness (QED) is 0.902. The zero-order valence-corrected chi connectivity index (χ0v) is 13.5. The van der Waals surface area contributed by atoms with E-state index >= 15 is 0 Å². The van der Waals surface area contributed by atoms with E-state index in [1.54, 1.807) is 6.20 Å². The Kier molecular flexibility index (Phi) is 3.54. The Morgan fingerprint density at radius 3 is 2.90 bits per heavy atom. The molecule has 0 amide bonds. The zero-order chi connectivity index (χ0) is 15.0. The highest BCUT2D eigenvalue weighted by molar-refractivity contribution is 7.99. The molecule has 0 fully saturated rings. The Morgan fingerprint density at radius 2 is 2.19 bits per heavy atom. The first-order valence-corrected chi connectivity index (χ1v) is 8.19. The smallest absolute Gasteiger partial charge is 0.103 e. The van der Waals surface area contributed by atoms with Crippen LogP contribution < -0.4 is 5.32 Å². The lowest BCUT2D eigenvalue weighted by atomic mass is 9.96. The number of nitrogens with zero attached hydrogens (tertiary/aromatic N) is 2. The summed E-state index contributed by atoms with van der Waals surface area (Å²) in [6.45, 7) is 7.40. The highest BCUT2D eigenvalue weighted by Crippen LogP contribution is 2.39. The van der Waals surface area contributed by atoms with Gasteiger partial charge in [-0.05, 0) is 29.5 Å². The van der Waals surface area contributed by atoms with Gasteiger partial charge in [0, 0.05) is 28.8 Å². The van der Waals surface area contributed by atoms with Crippen LogP contribution in [0.1, 0.15) is 31.9 Å². The molecule has 0 radical (unpaired) electrons. The van der Waals surface area contributed by atoms with Crippen molar-refractivity contribution in [2.24, 2.45) is 5.41 Å². The van der Waals surface area contributed by atoms with Gasteiger partial charge in [-0.3, -0.25) is 4.98 Å². The predicted molar refractivity (Wildman–Crippen MR) is 88.8 cm³/mol. The molecule has 1 aliphatic rings. The third-order valence-corrected chi connectivity index (χ3v) is 4.73. The maximum atomic E-state index is 9.42. The monoisotopic (exact) mass is 297 g/mol. The van der Waals surface area contributed by atoms with E-state index in [9.17, 15) is 5.26 Å². The molecule has 21 heavy (non-hydrogen) atoms. The van der Waals surface area contributed by atoms with Crippen LogP contribution in [0.25, 0.3) is 10.9 Å². The second-order valence-electron chi connectivity index (χ2n) is 6.61. The van der Waals surface area contributed by atoms with E-state index < -0.39 is 0 Å². The lowest BCUT2D eigenvalue weighted by molar-refractivity contribution is 0.443. The number of nitrogens with one attached hydrogen (secondary N) is 1. The largest absolute Gasteiger partial charge is 0.383 e. The summed E-state index contributed by atoms with van der Waals surface area (Å²) in [5.41, 5.74) is 4.08. The number of rotatable bonds is 2. The molecule has 2 heterocycles. The number of hydrogen-bond acceptors (Lipinski definition) is 4. The van der Waals surface area contributed by atoms with Crippen LogP contribution in [0, 0.1) is 16.7 Å². The minimum Gasteiger partial charge on any atom is -0.383 e. The first-order chi connectivity index (χ1) is 9.99. The molecule has 1 aliphatic heterocycles. The Bertz CT molecular complexity index is 738. The van der Waals surface area contributed by atoms with Gasteiger partial charge in [-0.15, -0.1) is 11.8 Å². The molecule has 4 heteroatoms. The van der Waals surface area contributed by atoms with Crippen molar-refractivity contribution in [2.75, 3.05) is 17.6 Å². The third kappa shape index (κ3) is 2.71. The molecular weight excluding hydrogens is 278 g/mol. The Morgan fingerprint density at radius 1 is 1.38 bits per heavy atom. The van der Waals surface area contributed by atoms with Crippen molar-refractivity contribution < 1.29 is 0 Å². The van der Waals surface area contributed by atoms with Gasteiger partial charge in [0.1, 0.15) is 6.07 Å². The Balaban J connectivity index is 2.19. The summed E-state index contributed by atoms with van der Waals surface area (Å²) in [5, 5.41) is 14.1. The summed E-state index contributed by atoms with van der Waals surface area (Å²) >= 11 is 1.89. The van der Waals surface area contributed by atoms with E-state index in [0.29, 0.717) is 5.56 Å². The molecule has 3 rings (SSSR count). The van der Waals surface area contributed by atoms with Gasteiger partial charge in [-0.1, -0.05) is 20.8 Å². The van der Waals surface area contributed by atoms with Crippen LogP contribution >= 0.6 is 11.8 Å². The van der Waals surface area contributed by atoms with Gasteiger partial charge in [0.25, 0.3) is 0 Å². The van der Waals surface area contributed by atoms with Crippen LogP contribution in [0.5, 0.6) is 0 Å². The number of aromatic nitrogens is 1. The summed E-state index contributed by atoms with van der Waals surface area (Å²) in [4.78, 5) is 5.79. The number of thioether (sulfide) groups is 1. The van der Waals surface area contributed by atoms with Gasteiger partial charge < -0.3 is 5.32 Å². The molecule has 0 spiro atoms. The maximum absolute atomic E-state index is 9.42. The van der Waals surface area contributed by atoms with Crippen molar-refractivity contribution in [3.05, 3.63) is 29.5 Å². The topological polar surface area (TPSA) is 48.7 Å². The summed E-state index contributed by atoms with van der Waals surface area (Å²) in [5.74, 6) is 1.12. The number of hydrogen-bond donors (Lipinski definition) is 1. The lowest BCUT2D eigenvalue weighted by Crippen LogP contribution is -2.20. The first kappa shape index (κ1) is 14.2. The average molecular weight is 297 g/mol. The number of benzene rings is 1. The van der Waals surface area contributed by atoms with Crippen LogP contribution in [0.2, 0.25) is 0 Å². The molecule has 0 aliphatic carbocycles. The molecular formula is C17H19N3S. The van der Waals surface area contributed by atoms with Crippen LogP contribution in [-0.4, -0.2) is 17.3 Å². The Hall–Kier alpha value is -1.73. The van der Waals surface area contributed by atoms with Crippen LogP contribution in [-0.2, 0) is 6.42 Å². The van der Waals surface area contributed by atoms with Gasteiger partial charge in [0.05, 0.1) is 16.8 Å². The highest BCUT2D eigenvalue weighted by atomic mass is 32.2. The fourth-order valence-corrected chi connectivity index (χ4v) is 3.67. The van der Waals surface area contributed by atoms with Gasteiger partial charge in [-0.25, -0.2) is 0 Å². The molecule has 0 saturated carbocycles. The van der Waals surface area contributed by atoms with Crippen LogP contribution in [0.4, 0.5) is 5.69 Å². The maximum Gasteiger partial charge on any atom is 0.103 e. The molecule has 0 saturated heterocycles. The SMILES string of the molecule is CC(C)(C)CNc1c(C#N)cnc2ccc3c(c12)CCS3. The van der Waals surface area contributed by atoms with Gasteiger partial charge in [0.2, 0.25) is 0 Å². The van der Waals surface area contributed by atoms with E-state index in [4.69, 9.17) is 0 Å². The fraction of sp³-hybridized carbons (Fsp3) is 0.412. The number of anilines is 1. The van der Waals surface area contributed by atoms with Gasteiger partial charge in [-0.2, -0.15) is 5.26 Å². The lowest BCUT2D eigenvalue weighted by Gasteiger charge is -2.21. The van der Waals surface area contributed by atoms with Gasteiger partial charge >= 0.3 is 0 Å². The summed E-state index contributed by atoms with van der Waals surface area (Å²) in [6, 6.07) is 6.50. The minimum absolute atomic E-state index is 0.162. The molecule has 3 nitrogen and oxygen atoms in total. The van der Waals surface area contributed by atoms with Crippen LogP contribution in [0.15, 0.2) is 23.2 Å². The fourth-order valence-electron chi connectivity index (χ4n) is 2.60. The summed E-state index contributed by atoms with van der Waals surface area (Å²) in [7, 11) is 0. The standard InChI is InChI=1S/C17H19N3S/c1-17(2,3)10-20-16-11(8-18)9-19-13-4-5-14-12(15(13)16)6-7-21-14/h4-5,9H,6-7,10H2,1-3H3,(H,19,20). The molecule has 0 atom stereocenters. The normalized spacial score (nSPS) is 14.0. The molecule has 1 N–H and O–H groups in total. The summed E-state index contributed by atoms with van der Waals surface area (Å²) in [6.07, 6.45) is 2.74. The van der Waals surface area contributed by atoms with Crippen molar-refractivity contribution >= 4 is 28.4 Å². The van der Waals surface area contributed by atoms with Gasteiger partial charge in [0.15, 0.2) is 0 Å². The molecule has 1 aromatic heterocycles. The van der Waals surface area contributed by atoms with Crippen molar-refractivity contribution in [1.29, 1.82) is 5.26 Å². The number of nitriles is 1.